The molecule has 0 aromatic carbocycles. The molecule has 1 unspecified atom stereocenters. The van der Waals surface area contributed by atoms with Gasteiger partial charge < -0.3 is 15.7 Å². The quantitative estimate of drug-likeness (QED) is 0.837. The van der Waals surface area contributed by atoms with Crippen LogP contribution in [-0.4, -0.2) is 34.7 Å². The minimum atomic E-state index is -1.44. The van der Waals surface area contributed by atoms with E-state index in [1.54, 1.807) is 6.20 Å². The lowest BCUT2D eigenvalue weighted by atomic mass is 10.0. The van der Waals surface area contributed by atoms with Crippen LogP contribution in [0.15, 0.2) is 16.7 Å². The van der Waals surface area contributed by atoms with Gasteiger partial charge in [0.05, 0.1) is 11.0 Å². The summed E-state index contributed by atoms with van der Waals surface area (Å²) in [6.45, 7) is 2.72. The molecule has 0 bridgehead atoms. The number of hydrogen-bond donors (Lipinski definition) is 2. The Morgan fingerprint density at radius 2 is 2.41 bits per heavy atom. The molecule has 17 heavy (non-hydrogen) atoms. The fourth-order valence-corrected chi connectivity index (χ4v) is 2.41. The topological polar surface area (TPSA) is 79.4 Å². The van der Waals surface area contributed by atoms with Crippen molar-refractivity contribution in [2.75, 3.05) is 18.0 Å². The summed E-state index contributed by atoms with van der Waals surface area (Å²) in [6.07, 6.45) is 2.04. The van der Waals surface area contributed by atoms with Crippen molar-refractivity contribution in [3.63, 3.8) is 0 Å². The van der Waals surface area contributed by atoms with Gasteiger partial charge in [0.15, 0.2) is 5.60 Å². The van der Waals surface area contributed by atoms with Crippen LogP contribution < -0.4 is 10.6 Å². The molecule has 1 amide bonds. The van der Waals surface area contributed by atoms with Crippen LogP contribution in [-0.2, 0) is 4.79 Å². The Hall–Kier alpha value is -1.14. The van der Waals surface area contributed by atoms with E-state index in [0.29, 0.717) is 13.0 Å². The molecule has 92 valence electrons. The number of nitrogens with zero attached hydrogens (tertiary/aromatic N) is 2. The van der Waals surface area contributed by atoms with Gasteiger partial charge in [-0.1, -0.05) is 0 Å². The summed E-state index contributed by atoms with van der Waals surface area (Å²) in [6, 6.07) is 1.89. The van der Waals surface area contributed by atoms with E-state index in [0.717, 1.165) is 15.9 Å². The van der Waals surface area contributed by atoms with Crippen molar-refractivity contribution in [3.8, 4) is 0 Å². The third-order valence-corrected chi connectivity index (χ3v) is 4.05. The Balaban J connectivity index is 2.27. The first-order valence-electron chi connectivity index (χ1n) is 5.32. The summed E-state index contributed by atoms with van der Waals surface area (Å²) < 4.78 is 0.883. The fourth-order valence-electron chi connectivity index (χ4n) is 1.92. The van der Waals surface area contributed by atoms with Gasteiger partial charge >= 0.3 is 0 Å². The lowest BCUT2D eigenvalue weighted by Crippen LogP contribution is -2.46. The Labute approximate surface area is 108 Å². The number of aliphatic hydroxyl groups is 1. The van der Waals surface area contributed by atoms with Crippen molar-refractivity contribution in [1.29, 1.82) is 0 Å². The average molecular weight is 300 g/mol. The number of carbonyl (C=O) groups excluding carboxylic acids is 1. The zero-order chi connectivity index (χ0) is 12.6. The number of rotatable bonds is 2. The minimum Gasteiger partial charge on any atom is -0.378 e. The Morgan fingerprint density at radius 3 is 3.00 bits per heavy atom. The standard InChI is InChI=1S/C11H14BrN3O2/c1-7-2-4-14-9(8(7)12)15-5-3-11(17,6-15)10(13)16/h2,4,17H,3,5-6H2,1H3,(H2,13,16). The number of anilines is 1. The molecular formula is C11H14BrN3O2. The van der Waals surface area contributed by atoms with Crippen molar-refractivity contribution in [2.24, 2.45) is 5.73 Å². The number of nitrogens with two attached hydrogens (primary N) is 1. The molecule has 5 nitrogen and oxygen atoms in total. The molecule has 1 aromatic heterocycles. The van der Waals surface area contributed by atoms with E-state index < -0.39 is 11.5 Å². The van der Waals surface area contributed by atoms with Gasteiger partial charge in [0.2, 0.25) is 0 Å². The Kier molecular flexibility index (Phi) is 3.09. The molecule has 1 aromatic rings. The van der Waals surface area contributed by atoms with E-state index in [4.69, 9.17) is 5.73 Å². The Bertz CT molecular complexity index is 466. The highest BCUT2D eigenvalue weighted by molar-refractivity contribution is 9.10. The maximum Gasteiger partial charge on any atom is 0.251 e. The number of aryl methyl sites for hydroxylation is 1. The fraction of sp³-hybridized carbons (Fsp3) is 0.455. The number of halogens is 1. The van der Waals surface area contributed by atoms with Crippen LogP contribution in [0.1, 0.15) is 12.0 Å². The molecule has 0 radical (unpaired) electrons. The number of aromatic nitrogens is 1. The van der Waals surface area contributed by atoms with E-state index in [2.05, 4.69) is 20.9 Å². The third kappa shape index (κ3) is 2.14. The molecule has 1 aliphatic heterocycles. The van der Waals surface area contributed by atoms with Gasteiger partial charge in [0, 0.05) is 19.2 Å². The van der Waals surface area contributed by atoms with Gasteiger partial charge in [0.25, 0.3) is 5.91 Å². The predicted molar refractivity (Wildman–Crippen MR) is 67.6 cm³/mol. The molecule has 1 aliphatic rings. The summed E-state index contributed by atoms with van der Waals surface area (Å²) >= 11 is 3.46. The highest BCUT2D eigenvalue weighted by Crippen LogP contribution is 2.32. The molecule has 6 heteroatoms. The normalized spacial score (nSPS) is 24.1. The summed E-state index contributed by atoms with van der Waals surface area (Å²) in [5, 5.41) is 10.0. The van der Waals surface area contributed by atoms with Crippen LogP contribution >= 0.6 is 15.9 Å². The number of carbonyl (C=O) groups is 1. The second-order valence-electron chi connectivity index (χ2n) is 4.33. The van der Waals surface area contributed by atoms with Gasteiger partial charge in [-0.25, -0.2) is 4.98 Å². The molecule has 0 aliphatic carbocycles. The smallest absolute Gasteiger partial charge is 0.251 e. The highest BCUT2D eigenvalue weighted by Gasteiger charge is 2.42. The number of amides is 1. The first-order valence-corrected chi connectivity index (χ1v) is 6.12. The molecule has 0 spiro atoms. The highest BCUT2D eigenvalue weighted by atomic mass is 79.9. The van der Waals surface area contributed by atoms with Crippen molar-refractivity contribution in [3.05, 3.63) is 22.3 Å². The molecule has 1 atom stereocenters. The van der Waals surface area contributed by atoms with Crippen LogP contribution in [0.25, 0.3) is 0 Å². The monoisotopic (exact) mass is 299 g/mol. The molecule has 2 heterocycles. The molecular weight excluding hydrogens is 286 g/mol. The van der Waals surface area contributed by atoms with Crippen LogP contribution in [0.3, 0.4) is 0 Å². The van der Waals surface area contributed by atoms with Gasteiger partial charge in [-0.15, -0.1) is 0 Å². The van der Waals surface area contributed by atoms with E-state index in [9.17, 15) is 9.90 Å². The van der Waals surface area contributed by atoms with E-state index >= 15 is 0 Å². The molecule has 2 rings (SSSR count). The molecule has 1 saturated heterocycles. The summed E-state index contributed by atoms with van der Waals surface area (Å²) in [7, 11) is 0. The SMILES string of the molecule is Cc1ccnc(N2CCC(O)(C(N)=O)C2)c1Br. The van der Waals surface area contributed by atoms with Gasteiger partial charge in [0.1, 0.15) is 5.82 Å². The van der Waals surface area contributed by atoms with Gasteiger partial charge in [-0.3, -0.25) is 4.79 Å². The van der Waals surface area contributed by atoms with Crippen molar-refractivity contribution < 1.29 is 9.90 Å². The van der Waals surface area contributed by atoms with Crippen molar-refractivity contribution >= 4 is 27.7 Å². The van der Waals surface area contributed by atoms with Crippen LogP contribution in [0.4, 0.5) is 5.82 Å². The summed E-state index contributed by atoms with van der Waals surface area (Å²) in [5.41, 5.74) is 4.81. The molecule has 3 N–H and O–H groups in total. The van der Waals surface area contributed by atoms with E-state index in [1.807, 2.05) is 17.9 Å². The predicted octanol–water partition coefficient (Wildman–Crippen LogP) is 0.579. The molecule has 0 saturated carbocycles. The first kappa shape index (κ1) is 12.3. The average Bonchev–Trinajstić information content (AvgIpc) is 2.66. The van der Waals surface area contributed by atoms with Crippen molar-refractivity contribution in [2.45, 2.75) is 18.9 Å². The zero-order valence-corrected chi connectivity index (χ0v) is 11.1. The van der Waals surface area contributed by atoms with Gasteiger partial charge in [-0.05, 0) is 34.5 Å². The van der Waals surface area contributed by atoms with Crippen LogP contribution in [0.5, 0.6) is 0 Å². The lowest BCUT2D eigenvalue weighted by Gasteiger charge is -2.22. The van der Waals surface area contributed by atoms with Crippen molar-refractivity contribution in [1.82, 2.24) is 4.98 Å². The number of hydrogen-bond acceptors (Lipinski definition) is 4. The van der Waals surface area contributed by atoms with Crippen LogP contribution in [0.2, 0.25) is 0 Å². The maximum absolute atomic E-state index is 11.2. The van der Waals surface area contributed by atoms with E-state index in [-0.39, 0.29) is 6.54 Å². The molecule has 1 fully saturated rings. The van der Waals surface area contributed by atoms with Crippen LogP contribution in [0, 0.1) is 6.92 Å². The first-order chi connectivity index (χ1) is 7.94. The lowest BCUT2D eigenvalue weighted by molar-refractivity contribution is -0.134. The Morgan fingerprint density at radius 1 is 1.71 bits per heavy atom. The minimum absolute atomic E-state index is 0.192. The summed E-state index contributed by atoms with van der Waals surface area (Å²) in [5.74, 6) is 0.0611. The third-order valence-electron chi connectivity index (χ3n) is 3.07. The second kappa shape index (κ2) is 4.27. The number of primary amides is 1. The van der Waals surface area contributed by atoms with E-state index in [1.165, 1.54) is 0 Å². The number of pyridine rings is 1. The number of β-amino-alcohol motifs (C(OH)–C–C–N with tert-alkyl or cyclic N) is 1. The second-order valence-corrected chi connectivity index (χ2v) is 5.13. The zero-order valence-electron chi connectivity index (χ0n) is 9.48. The largest absolute Gasteiger partial charge is 0.378 e. The maximum atomic E-state index is 11.2. The summed E-state index contributed by atoms with van der Waals surface area (Å²) in [4.78, 5) is 17.3. The van der Waals surface area contributed by atoms with Gasteiger partial charge in [-0.2, -0.15) is 0 Å².